The molecule has 1 heterocycles. The molecule has 1 aliphatic carbocycles. The third-order valence-corrected chi connectivity index (χ3v) is 3.87. The number of hydrogen-bond donors (Lipinski definition) is 1. The van der Waals surface area contributed by atoms with Crippen LogP contribution in [0.25, 0.3) is 0 Å². The monoisotopic (exact) mass is 280 g/mol. The fourth-order valence-electron chi connectivity index (χ4n) is 2.25. The molecular formula is C13H20N4OS. The van der Waals surface area contributed by atoms with Gasteiger partial charge in [0.15, 0.2) is 0 Å². The lowest BCUT2D eigenvalue weighted by Gasteiger charge is -2.21. The molecule has 0 aromatic carbocycles. The normalized spacial score (nSPS) is 15.5. The van der Waals surface area contributed by atoms with E-state index in [1.165, 1.54) is 25.7 Å². The SMILES string of the molecule is CON(C)C(=S)c1cnc(C)nc1NC1CCCC1. The lowest BCUT2D eigenvalue weighted by molar-refractivity contribution is -0.0385. The molecule has 0 atom stereocenters. The van der Waals surface area contributed by atoms with Crippen molar-refractivity contribution in [1.82, 2.24) is 15.0 Å². The molecule has 1 aromatic rings. The average Bonchev–Trinajstić information content (AvgIpc) is 2.90. The Kier molecular flexibility index (Phi) is 4.66. The van der Waals surface area contributed by atoms with Crippen LogP contribution in [-0.2, 0) is 4.84 Å². The summed E-state index contributed by atoms with van der Waals surface area (Å²) in [5.41, 5.74) is 0.817. The molecule has 0 unspecified atom stereocenters. The van der Waals surface area contributed by atoms with Gasteiger partial charge in [0.25, 0.3) is 0 Å². The molecular weight excluding hydrogens is 260 g/mol. The molecule has 1 aliphatic rings. The topological polar surface area (TPSA) is 50.3 Å². The first-order valence-electron chi connectivity index (χ1n) is 6.54. The van der Waals surface area contributed by atoms with E-state index in [9.17, 15) is 0 Å². The maximum atomic E-state index is 5.40. The van der Waals surface area contributed by atoms with Gasteiger partial charge in [0, 0.05) is 19.3 Å². The standard InChI is InChI=1S/C13H20N4OS/c1-9-14-8-11(13(19)17(2)18-3)12(15-9)16-10-6-4-5-7-10/h8,10H,4-7H2,1-3H3,(H,14,15,16). The molecule has 0 spiro atoms. The number of hydroxylamine groups is 2. The first kappa shape index (κ1) is 14.1. The van der Waals surface area contributed by atoms with Crippen molar-refractivity contribution in [2.45, 2.75) is 38.6 Å². The smallest absolute Gasteiger partial charge is 0.140 e. The molecule has 2 rings (SSSR count). The largest absolute Gasteiger partial charge is 0.367 e. The molecule has 0 aliphatic heterocycles. The van der Waals surface area contributed by atoms with Crippen LogP contribution in [-0.4, -0.2) is 40.2 Å². The van der Waals surface area contributed by atoms with Crippen LogP contribution in [0.15, 0.2) is 6.20 Å². The van der Waals surface area contributed by atoms with E-state index in [1.807, 2.05) is 6.92 Å². The highest BCUT2D eigenvalue weighted by molar-refractivity contribution is 7.80. The number of nitrogens with one attached hydrogen (secondary N) is 1. The van der Waals surface area contributed by atoms with Crippen LogP contribution in [0.3, 0.4) is 0 Å². The number of hydrogen-bond acceptors (Lipinski definition) is 5. The Morgan fingerprint density at radius 3 is 2.79 bits per heavy atom. The van der Waals surface area contributed by atoms with Gasteiger partial charge in [-0.05, 0) is 19.8 Å². The Morgan fingerprint density at radius 2 is 2.16 bits per heavy atom. The van der Waals surface area contributed by atoms with E-state index in [0.29, 0.717) is 11.0 Å². The van der Waals surface area contributed by atoms with Gasteiger partial charge in [-0.25, -0.2) is 15.0 Å². The van der Waals surface area contributed by atoms with Crippen molar-refractivity contribution in [2.24, 2.45) is 0 Å². The van der Waals surface area contributed by atoms with E-state index in [2.05, 4.69) is 15.3 Å². The van der Waals surface area contributed by atoms with Crippen molar-refractivity contribution in [2.75, 3.05) is 19.5 Å². The highest BCUT2D eigenvalue weighted by atomic mass is 32.1. The second-order valence-electron chi connectivity index (χ2n) is 4.79. The molecule has 0 bridgehead atoms. The molecule has 1 fully saturated rings. The number of nitrogens with zero attached hydrogens (tertiary/aromatic N) is 3. The van der Waals surface area contributed by atoms with Crippen LogP contribution in [0.5, 0.6) is 0 Å². The van der Waals surface area contributed by atoms with E-state index >= 15 is 0 Å². The number of thiocarbonyl (C=S) groups is 1. The van der Waals surface area contributed by atoms with Crippen LogP contribution >= 0.6 is 12.2 Å². The predicted molar refractivity (Wildman–Crippen MR) is 79.1 cm³/mol. The number of aryl methyl sites for hydroxylation is 1. The number of rotatable bonds is 4. The maximum absolute atomic E-state index is 5.40. The molecule has 19 heavy (non-hydrogen) atoms. The maximum Gasteiger partial charge on any atom is 0.140 e. The van der Waals surface area contributed by atoms with Gasteiger partial charge in [-0.2, -0.15) is 0 Å². The summed E-state index contributed by atoms with van der Waals surface area (Å²) >= 11 is 5.40. The third-order valence-electron chi connectivity index (χ3n) is 3.40. The summed E-state index contributed by atoms with van der Waals surface area (Å²) in [5.74, 6) is 1.56. The zero-order chi connectivity index (χ0) is 13.8. The summed E-state index contributed by atoms with van der Waals surface area (Å²) in [4.78, 5) is 14.4. The molecule has 6 heteroatoms. The van der Waals surface area contributed by atoms with Crippen LogP contribution < -0.4 is 5.32 Å². The van der Waals surface area contributed by atoms with Gasteiger partial charge in [-0.15, -0.1) is 0 Å². The van der Waals surface area contributed by atoms with Gasteiger partial charge in [-0.3, -0.25) is 4.84 Å². The summed E-state index contributed by atoms with van der Waals surface area (Å²) in [6, 6.07) is 0.490. The second kappa shape index (κ2) is 6.25. The predicted octanol–water partition coefficient (Wildman–Crippen LogP) is 2.31. The lowest BCUT2D eigenvalue weighted by Crippen LogP contribution is -2.27. The molecule has 0 radical (unpaired) electrons. The number of anilines is 1. The van der Waals surface area contributed by atoms with E-state index in [-0.39, 0.29) is 0 Å². The van der Waals surface area contributed by atoms with E-state index in [1.54, 1.807) is 25.4 Å². The van der Waals surface area contributed by atoms with Crippen LogP contribution in [0.1, 0.15) is 37.1 Å². The Labute approximate surface area is 119 Å². The van der Waals surface area contributed by atoms with E-state index in [4.69, 9.17) is 17.1 Å². The summed E-state index contributed by atoms with van der Waals surface area (Å²) in [7, 11) is 3.37. The fourth-order valence-corrected chi connectivity index (χ4v) is 2.48. The van der Waals surface area contributed by atoms with Crippen molar-refractivity contribution in [3.05, 3.63) is 17.6 Å². The van der Waals surface area contributed by atoms with Crippen molar-refractivity contribution in [3.63, 3.8) is 0 Å². The minimum absolute atomic E-state index is 0.490. The van der Waals surface area contributed by atoms with Crippen LogP contribution in [0.2, 0.25) is 0 Å². The highest BCUT2D eigenvalue weighted by Gasteiger charge is 2.19. The Hall–Kier alpha value is -1.27. The third kappa shape index (κ3) is 3.39. The second-order valence-corrected chi connectivity index (χ2v) is 5.18. The summed E-state index contributed by atoms with van der Waals surface area (Å²) in [6.45, 7) is 1.88. The lowest BCUT2D eigenvalue weighted by atomic mass is 10.2. The van der Waals surface area contributed by atoms with Gasteiger partial charge >= 0.3 is 0 Å². The highest BCUT2D eigenvalue weighted by Crippen LogP contribution is 2.23. The summed E-state index contributed by atoms with van der Waals surface area (Å²) in [5, 5.41) is 5.03. The van der Waals surface area contributed by atoms with Gasteiger partial charge < -0.3 is 5.32 Å². The van der Waals surface area contributed by atoms with Gasteiger partial charge in [0.1, 0.15) is 16.6 Å². The molecule has 104 valence electrons. The molecule has 5 nitrogen and oxygen atoms in total. The van der Waals surface area contributed by atoms with Gasteiger partial charge in [-0.1, -0.05) is 25.1 Å². The average molecular weight is 280 g/mol. The zero-order valence-corrected chi connectivity index (χ0v) is 12.5. The quantitative estimate of drug-likeness (QED) is 0.674. The van der Waals surface area contributed by atoms with Gasteiger partial charge in [0.05, 0.1) is 12.7 Å². The van der Waals surface area contributed by atoms with Crippen molar-refractivity contribution in [3.8, 4) is 0 Å². The minimum atomic E-state index is 0.490. The minimum Gasteiger partial charge on any atom is -0.367 e. The zero-order valence-electron chi connectivity index (χ0n) is 11.6. The Morgan fingerprint density at radius 1 is 1.47 bits per heavy atom. The van der Waals surface area contributed by atoms with Crippen molar-refractivity contribution >= 4 is 23.0 Å². The molecule has 0 amide bonds. The fraction of sp³-hybridized carbons (Fsp3) is 0.615. The van der Waals surface area contributed by atoms with Crippen LogP contribution in [0.4, 0.5) is 5.82 Å². The molecule has 1 saturated carbocycles. The van der Waals surface area contributed by atoms with Crippen molar-refractivity contribution in [1.29, 1.82) is 0 Å². The summed E-state index contributed by atoms with van der Waals surface area (Å²) < 4.78 is 0. The Bertz CT molecular complexity index is 460. The Balaban J connectivity index is 2.24. The van der Waals surface area contributed by atoms with E-state index in [0.717, 1.165) is 17.2 Å². The summed E-state index contributed by atoms with van der Waals surface area (Å²) in [6.07, 6.45) is 6.70. The molecule has 1 aromatic heterocycles. The van der Waals surface area contributed by atoms with Crippen LogP contribution in [0, 0.1) is 6.92 Å². The van der Waals surface area contributed by atoms with Gasteiger partial charge in [0.2, 0.25) is 0 Å². The molecule has 1 N–H and O–H groups in total. The first-order valence-corrected chi connectivity index (χ1v) is 6.95. The van der Waals surface area contributed by atoms with E-state index < -0.39 is 0 Å². The number of aromatic nitrogens is 2. The first-order chi connectivity index (χ1) is 9.11. The molecule has 0 saturated heterocycles. The van der Waals surface area contributed by atoms with Crippen molar-refractivity contribution < 1.29 is 4.84 Å².